The van der Waals surface area contributed by atoms with E-state index in [1.807, 2.05) is 13.0 Å². The average Bonchev–Trinajstić information content (AvgIpc) is 2.39. The van der Waals surface area contributed by atoms with Gasteiger partial charge in [-0.3, -0.25) is 0 Å². The lowest BCUT2D eigenvalue weighted by molar-refractivity contribution is 0.560. The molecule has 0 aromatic heterocycles. The minimum Gasteiger partial charge on any atom is -0.313 e. The summed E-state index contributed by atoms with van der Waals surface area (Å²) in [6.07, 6.45) is 2.60. The van der Waals surface area contributed by atoms with Crippen molar-refractivity contribution in [1.29, 1.82) is 5.26 Å². The van der Waals surface area contributed by atoms with Gasteiger partial charge in [0.15, 0.2) is 9.84 Å². The molecule has 1 rings (SSSR count). The van der Waals surface area contributed by atoms with E-state index in [4.69, 9.17) is 5.26 Å². The first-order valence-corrected chi connectivity index (χ1v) is 7.72. The van der Waals surface area contributed by atoms with Crippen molar-refractivity contribution in [3.63, 3.8) is 0 Å². The first-order chi connectivity index (χ1) is 8.99. The molecule has 1 unspecified atom stereocenters. The van der Waals surface area contributed by atoms with Crippen LogP contribution in [0.25, 0.3) is 0 Å². The van der Waals surface area contributed by atoms with Crippen LogP contribution in [0.5, 0.6) is 0 Å². The molecule has 102 valence electrons. The van der Waals surface area contributed by atoms with Crippen molar-refractivity contribution >= 4 is 9.84 Å². The molecule has 0 bridgehead atoms. The number of rotatable bonds is 7. The summed E-state index contributed by atoms with van der Waals surface area (Å²) in [7, 11) is -3.29. The fourth-order valence-electron chi connectivity index (χ4n) is 1.63. The molecular weight excluding hydrogens is 260 g/mol. The first-order valence-electron chi connectivity index (χ1n) is 6.07. The van der Waals surface area contributed by atoms with Crippen LogP contribution in [-0.4, -0.2) is 26.8 Å². The number of benzene rings is 1. The zero-order valence-corrected chi connectivity index (χ0v) is 11.8. The molecule has 0 saturated heterocycles. The Bertz CT molecular complexity index is 556. The van der Waals surface area contributed by atoms with Crippen molar-refractivity contribution in [3.8, 4) is 6.07 Å². The highest BCUT2D eigenvalue weighted by Gasteiger charge is 2.14. The monoisotopic (exact) mass is 278 g/mol. The van der Waals surface area contributed by atoms with E-state index in [-0.39, 0.29) is 16.7 Å². The minimum atomic E-state index is -3.29. The van der Waals surface area contributed by atoms with Crippen molar-refractivity contribution in [2.24, 2.45) is 0 Å². The molecule has 0 aliphatic carbocycles. The molecule has 0 saturated carbocycles. The highest BCUT2D eigenvalue weighted by atomic mass is 32.2. The van der Waals surface area contributed by atoms with Crippen molar-refractivity contribution in [2.45, 2.75) is 24.3 Å². The summed E-state index contributed by atoms with van der Waals surface area (Å²) in [5.74, 6) is 0.0420. The fraction of sp³-hybridized carbons (Fsp3) is 0.357. The maximum absolute atomic E-state index is 12.0. The van der Waals surface area contributed by atoms with Gasteiger partial charge in [0, 0.05) is 12.6 Å². The summed E-state index contributed by atoms with van der Waals surface area (Å²) in [5.41, 5.74) is 0.455. The first kappa shape index (κ1) is 15.4. The van der Waals surface area contributed by atoms with Gasteiger partial charge in [-0.15, -0.1) is 6.58 Å². The molecule has 0 amide bonds. The third-order valence-electron chi connectivity index (χ3n) is 2.73. The number of nitrogens with zero attached hydrogens (tertiary/aromatic N) is 1. The maximum Gasteiger partial charge on any atom is 0.179 e. The van der Waals surface area contributed by atoms with Crippen LogP contribution in [0.15, 0.2) is 41.8 Å². The predicted octanol–water partition coefficient (Wildman–Crippen LogP) is 1.89. The van der Waals surface area contributed by atoms with Gasteiger partial charge in [0.25, 0.3) is 0 Å². The minimum absolute atomic E-state index is 0.0420. The SMILES string of the molecule is C=CCC(C)NCCS(=O)(=O)c1ccc(C#N)cc1. The summed E-state index contributed by atoms with van der Waals surface area (Å²) in [4.78, 5) is 0.254. The molecule has 1 atom stereocenters. The van der Waals surface area contributed by atoms with E-state index >= 15 is 0 Å². The van der Waals surface area contributed by atoms with Crippen molar-refractivity contribution < 1.29 is 8.42 Å². The predicted molar refractivity (Wildman–Crippen MR) is 75.5 cm³/mol. The van der Waals surface area contributed by atoms with E-state index in [1.165, 1.54) is 24.3 Å². The lowest BCUT2D eigenvalue weighted by Gasteiger charge is -2.11. The van der Waals surface area contributed by atoms with Crippen LogP contribution in [0.4, 0.5) is 0 Å². The molecule has 5 heteroatoms. The Labute approximate surface area is 114 Å². The summed E-state index contributed by atoms with van der Waals surface area (Å²) >= 11 is 0. The van der Waals surface area contributed by atoms with Crippen LogP contribution < -0.4 is 5.32 Å². The Kier molecular flexibility index (Phi) is 5.74. The topological polar surface area (TPSA) is 70.0 Å². The summed E-state index contributed by atoms with van der Waals surface area (Å²) < 4.78 is 24.1. The van der Waals surface area contributed by atoms with E-state index in [2.05, 4.69) is 11.9 Å². The molecule has 0 radical (unpaired) electrons. The summed E-state index contributed by atoms with van der Waals surface area (Å²) in [5, 5.41) is 11.8. The lowest BCUT2D eigenvalue weighted by atomic mass is 10.2. The average molecular weight is 278 g/mol. The van der Waals surface area contributed by atoms with Crippen molar-refractivity contribution in [2.75, 3.05) is 12.3 Å². The fourth-order valence-corrected chi connectivity index (χ4v) is 2.80. The molecule has 1 aromatic rings. The molecule has 1 N–H and O–H groups in total. The normalized spacial score (nSPS) is 12.6. The second-order valence-electron chi connectivity index (χ2n) is 4.33. The Balaban J connectivity index is 2.60. The van der Waals surface area contributed by atoms with Gasteiger partial charge >= 0.3 is 0 Å². The molecule has 4 nitrogen and oxygen atoms in total. The van der Waals surface area contributed by atoms with Crippen molar-refractivity contribution in [1.82, 2.24) is 5.32 Å². The zero-order valence-electron chi connectivity index (χ0n) is 11.0. The highest BCUT2D eigenvalue weighted by Crippen LogP contribution is 2.11. The number of hydrogen-bond donors (Lipinski definition) is 1. The molecular formula is C14H18N2O2S. The summed E-state index contributed by atoms with van der Waals surface area (Å²) in [6, 6.07) is 8.15. The Morgan fingerprint density at radius 3 is 2.58 bits per heavy atom. The van der Waals surface area contributed by atoms with Crippen molar-refractivity contribution in [3.05, 3.63) is 42.5 Å². The van der Waals surface area contributed by atoms with Crippen LogP contribution in [0.2, 0.25) is 0 Å². The van der Waals surface area contributed by atoms with Gasteiger partial charge in [-0.1, -0.05) is 6.08 Å². The van der Waals surface area contributed by atoms with E-state index in [9.17, 15) is 8.42 Å². The molecule has 0 aliphatic rings. The largest absolute Gasteiger partial charge is 0.313 e. The third kappa shape index (κ3) is 4.86. The van der Waals surface area contributed by atoms with Gasteiger partial charge in [0.1, 0.15) is 0 Å². The van der Waals surface area contributed by atoms with E-state index in [1.54, 1.807) is 6.08 Å². The van der Waals surface area contributed by atoms with Gasteiger partial charge in [-0.2, -0.15) is 5.26 Å². The van der Waals surface area contributed by atoms with Crippen LogP contribution >= 0.6 is 0 Å². The van der Waals surface area contributed by atoms with E-state index in [0.717, 1.165) is 6.42 Å². The van der Waals surface area contributed by atoms with E-state index < -0.39 is 9.84 Å². The second-order valence-corrected chi connectivity index (χ2v) is 6.44. The quantitative estimate of drug-likeness (QED) is 0.773. The molecule has 0 heterocycles. The van der Waals surface area contributed by atoms with Crippen LogP contribution in [0.3, 0.4) is 0 Å². The van der Waals surface area contributed by atoms with Gasteiger partial charge in [-0.25, -0.2) is 8.42 Å². The zero-order chi connectivity index (χ0) is 14.3. The number of hydrogen-bond acceptors (Lipinski definition) is 4. The molecule has 0 fully saturated rings. The van der Waals surface area contributed by atoms with E-state index in [0.29, 0.717) is 12.1 Å². The van der Waals surface area contributed by atoms with Gasteiger partial charge in [0.05, 0.1) is 22.3 Å². The smallest absolute Gasteiger partial charge is 0.179 e. The molecule has 0 aliphatic heterocycles. The van der Waals surface area contributed by atoms with Gasteiger partial charge in [0.2, 0.25) is 0 Å². The van der Waals surface area contributed by atoms with Crippen LogP contribution in [-0.2, 0) is 9.84 Å². The standard InChI is InChI=1S/C14H18N2O2S/c1-3-4-12(2)16-9-10-19(17,18)14-7-5-13(11-15)6-8-14/h3,5-8,12,16H,1,4,9-10H2,2H3. The number of sulfone groups is 1. The summed E-state index contributed by atoms with van der Waals surface area (Å²) in [6.45, 7) is 6.02. The van der Waals surface area contributed by atoms with Gasteiger partial charge < -0.3 is 5.32 Å². The molecule has 1 aromatic carbocycles. The Hall–Kier alpha value is -1.64. The van der Waals surface area contributed by atoms with Crippen LogP contribution in [0.1, 0.15) is 18.9 Å². The second kappa shape index (κ2) is 7.07. The lowest BCUT2D eigenvalue weighted by Crippen LogP contribution is -2.30. The Morgan fingerprint density at radius 2 is 2.05 bits per heavy atom. The number of nitriles is 1. The van der Waals surface area contributed by atoms with Crippen LogP contribution in [0, 0.1) is 11.3 Å². The molecule has 0 spiro atoms. The molecule has 19 heavy (non-hydrogen) atoms. The number of nitrogens with one attached hydrogen (secondary N) is 1. The Morgan fingerprint density at radius 1 is 1.42 bits per heavy atom. The third-order valence-corrected chi connectivity index (χ3v) is 4.46. The highest BCUT2D eigenvalue weighted by molar-refractivity contribution is 7.91. The maximum atomic E-state index is 12.0. The van der Waals surface area contributed by atoms with Gasteiger partial charge in [-0.05, 0) is 37.6 Å².